The van der Waals surface area contributed by atoms with E-state index in [9.17, 15) is 0 Å². The molecule has 31 heavy (non-hydrogen) atoms. The number of hydrogen-bond acceptors (Lipinski definition) is 5. The number of hydrogen-bond donors (Lipinski definition) is 0. The predicted octanol–water partition coefficient (Wildman–Crippen LogP) is 5.06. The second-order valence-electron chi connectivity index (χ2n) is 8.59. The van der Waals surface area contributed by atoms with E-state index in [1.165, 1.54) is 5.56 Å². The van der Waals surface area contributed by atoms with Gasteiger partial charge in [-0.3, -0.25) is 9.47 Å². The van der Waals surface area contributed by atoms with Crippen LogP contribution < -0.4 is 4.74 Å². The van der Waals surface area contributed by atoms with Gasteiger partial charge >= 0.3 is 0 Å². The average molecular weight is 438 g/mol. The first-order valence-corrected chi connectivity index (χ1v) is 11.5. The molecule has 1 aliphatic heterocycles. The van der Waals surface area contributed by atoms with Gasteiger partial charge < -0.3 is 4.74 Å². The fraction of sp³-hybridized carbons (Fsp3) is 0.458. The number of rotatable bonds is 4. The summed E-state index contributed by atoms with van der Waals surface area (Å²) in [5, 5.41) is 10.1. The summed E-state index contributed by atoms with van der Waals surface area (Å²) in [6.07, 6.45) is 4.27. The molecule has 3 aromatic rings. The fourth-order valence-electron chi connectivity index (χ4n) is 4.77. The van der Waals surface area contributed by atoms with Gasteiger partial charge in [-0.1, -0.05) is 24.6 Å². The number of aromatic nitrogens is 4. The van der Waals surface area contributed by atoms with Crippen LogP contribution in [0.1, 0.15) is 61.4 Å². The highest BCUT2D eigenvalue weighted by Gasteiger charge is 2.31. The van der Waals surface area contributed by atoms with Gasteiger partial charge in [0.2, 0.25) is 5.88 Å². The average Bonchev–Trinajstić information content (AvgIpc) is 3.10. The van der Waals surface area contributed by atoms with Crippen LogP contribution in [-0.2, 0) is 13.1 Å². The van der Waals surface area contributed by atoms with Crippen LogP contribution in [0.2, 0.25) is 5.02 Å². The first kappa shape index (κ1) is 20.5. The highest BCUT2D eigenvalue weighted by Crippen LogP contribution is 2.37. The Morgan fingerprint density at radius 2 is 1.90 bits per heavy atom. The van der Waals surface area contributed by atoms with Crippen molar-refractivity contribution in [3.05, 3.63) is 64.3 Å². The normalized spacial score (nSPS) is 21.3. The maximum absolute atomic E-state index is 6.32. The molecule has 0 bridgehead atoms. The third-order valence-corrected chi connectivity index (χ3v) is 6.67. The van der Waals surface area contributed by atoms with Gasteiger partial charge in [0.25, 0.3) is 0 Å². The molecule has 0 spiro atoms. The summed E-state index contributed by atoms with van der Waals surface area (Å²) in [6.45, 7) is 6.81. The number of pyridine rings is 1. The van der Waals surface area contributed by atoms with Crippen molar-refractivity contribution in [3.63, 3.8) is 0 Å². The van der Waals surface area contributed by atoms with E-state index >= 15 is 0 Å². The third-order valence-electron chi connectivity index (χ3n) is 6.43. The van der Waals surface area contributed by atoms with E-state index in [4.69, 9.17) is 16.3 Å². The third kappa shape index (κ3) is 4.19. The van der Waals surface area contributed by atoms with Crippen molar-refractivity contribution >= 4 is 11.6 Å². The lowest BCUT2D eigenvalue weighted by Gasteiger charge is -2.28. The summed E-state index contributed by atoms with van der Waals surface area (Å²) in [4.78, 5) is 6.87. The van der Waals surface area contributed by atoms with Gasteiger partial charge in [-0.05, 0) is 69.0 Å². The molecule has 162 valence electrons. The first-order valence-electron chi connectivity index (χ1n) is 11.2. The molecule has 1 saturated carbocycles. The lowest BCUT2D eigenvalue weighted by Crippen LogP contribution is -2.25. The first-order chi connectivity index (χ1) is 15.1. The van der Waals surface area contributed by atoms with Crippen LogP contribution in [-0.4, -0.2) is 37.3 Å². The van der Waals surface area contributed by atoms with Crippen LogP contribution >= 0.6 is 11.6 Å². The minimum Gasteiger partial charge on any atom is -0.474 e. The number of halogens is 1. The highest BCUT2D eigenvalue weighted by atomic mass is 35.5. The van der Waals surface area contributed by atoms with Crippen LogP contribution in [0.3, 0.4) is 0 Å². The van der Waals surface area contributed by atoms with Gasteiger partial charge in [0.05, 0.1) is 12.2 Å². The lowest BCUT2D eigenvalue weighted by molar-refractivity contribution is 0.138. The minimum absolute atomic E-state index is 0.207. The van der Waals surface area contributed by atoms with Crippen LogP contribution in [0.25, 0.3) is 5.69 Å². The van der Waals surface area contributed by atoms with E-state index in [-0.39, 0.29) is 6.10 Å². The largest absolute Gasteiger partial charge is 0.474 e. The Labute approximate surface area is 188 Å². The van der Waals surface area contributed by atoms with Crippen molar-refractivity contribution in [2.24, 2.45) is 0 Å². The van der Waals surface area contributed by atoms with Crippen molar-refractivity contribution in [2.45, 2.75) is 64.6 Å². The number of nitrogens with zero attached hydrogens (tertiary/aromatic N) is 5. The smallest absolute Gasteiger partial charge is 0.213 e. The second kappa shape index (κ2) is 8.60. The maximum Gasteiger partial charge on any atom is 0.213 e. The van der Waals surface area contributed by atoms with E-state index in [0.717, 1.165) is 79.3 Å². The van der Waals surface area contributed by atoms with E-state index in [0.29, 0.717) is 5.92 Å². The molecular weight excluding hydrogens is 410 g/mol. The zero-order valence-electron chi connectivity index (χ0n) is 18.1. The van der Waals surface area contributed by atoms with Gasteiger partial charge in [-0.25, -0.2) is 4.98 Å². The van der Waals surface area contributed by atoms with Gasteiger partial charge in [-0.2, -0.15) is 0 Å². The molecular formula is C24H28ClN5O. The predicted molar refractivity (Wildman–Crippen MR) is 121 cm³/mol. The molecule has 0 amide bonds. The van der Waals surface area contributed by atoms with E-state index in [2.05, 4.69) is 43.7 Å². The Bertz CT molecular complexity index is 1070. The Morgan fingerprint density at radius 1 is 1.06 bits per heavy atom. The molecule has 1 aliphatic carbocycles. The Morgan fingerprint density at radius 3 is 2.68 bits per heavy atom. The zero-order chi connectivity index (χ0) is 21.4. The molecule has 2 aliphatic rings. The van der Waals surface area contributed by atoms with Crippen LogP contribution in [0, 0.1) is 6.92 Å². The van der Waals surface area contributed by atoms with Crippen LogP contribution in [0.5, 0.6) is 5.88 Å². The summed E-state index contributed by atoms with van der Waals surface area (Å²) < 4.78 is 8.44. The molecule has 0 unspecified atom stereocenters. The Balaban J connectivity index is 1.38. The number of ether oxygens (including phenoxy) is 1. The van der Waals surface area contributed by atoms with E-state index < -0.39 is 0 Å². The summed E-state index contributed by atoms with van der Waals surface area (Å²) in [5.74, 6) is 3.19. The van der Waals surface area contributed by atoms with Crippen molar-refractivity contribution in [2.75, 3.05) is 6.54 Å². The molecule has 1 fully saturated rings. The zero-order valence-corrected chi connectivity index (χ0v) is 18.8. The summed E-state index contributed by atoms with van der Waals surface area (Å²) in [6, 6.07) is 12.1. The molecule has 1 aromatic carbocycles. The molecule has 5 rings (SSSR count). The Kier molecular flexibility index (Phi) is 5.67. The summed E-state index contributed by atoms with van der Waals surface area (Å²) >= 11 is 6.32. The van der Waals surface area contributed by atoms with E-state index in [1.54, 1.807) is 0 Å². The monoisotopic (exact) mass is 437 g/mol. The summed E-state index contributed by atoms with van der Waals surface area (Å²) in [7, 11) is 0. The maximum atomic E-state index is 6.32. The molecule has 7 heteroatoms. The lowest BCUT2D eigenvalue weighted by atomic mass is 9.86. The van der Waals surface area contributed by atoms with Crippen molar-refractivity contribution < 1.29 is 4.74 Å². The van der Waals surface area contributed by atoms with Gasteiger partial charge in [0, 0.05) is 29.2 Å². The summed E-state index contributed by atoms with van der Waals surface area (Å²) in [5.41, 5.74) is 3.38. The van der Waals surface area contributed by atoms with Crippen molar-refractivity contribution in [3.8, 4) is 11.6 Å². The number of benzene rings is 1. The highest BCUT2D eigenvalue weighted by molar-refractivity contribution is 6.30. The Hall–Kier alpha value is -2.44. The minimum atomic E-state index is 0.207. The molecule has 2 aromatic heterocycles. The molecule has 0 saturated heterocycles. The van der Waals surface area contributed by atoms with Gasteiger partial charge in [0.1, 0.15) is 11.9 Å². The van der Waals surface area contributed by atoms with Crippen LogP contribution in [0.15, 0.2) is 36.4 Å². The standard InChI is InChI=1S/C24H28ClN5O/c1-3-29-14-18-13-19(25)9-12-21(18)30-22(15-29)27-28-24(30)17-7-10-20(11-8-17)31-23-6-4-5-16(2)26-23/h4-6,9,12-13,17,20H,3,7-8,10-11,14-15H2,1-2H3/t17-,20-. The van der Waals surface area contributed by atoms with Crippen molar-refractivity contribution in [1.29, 1.82) is 0 Å². The van der Waals surface area contributed by atoms with Crippen LogP contribution in [0.4, 0.5) is 0 Å². The quantitative estimate of drug-likeness (QED) is 0.570. The molecule has 0 radical (unpaired) electrons. The van der Waals surface area contributed by atoms with Crippen molar-refractivity contribution in [1.82, 2.24) is 24.6 Å². The second-order valence-corrected chi connectivity index (χ2v) is 9.03. The molecule has 0 atom stereocenters. The molecule has 3 heterocycles. The molecule has 6 nitrogen and oxygen atoms in total. The van der Waals surface area contributed by atoms with E-state index in [1.807, 2.05) is 31.2 Å². The number of aryl methyl sites for hydroxylation is 1. The van der Waals surface area contributed by atoms with Gasteiger partial charge in [-0.15, -0.1) is 10.2 Å². The molecule has 0 N–H and O–H groups in total. The fourth-order valence-corrected chi connectivity index (χ4v) is 4.97. The van der Waals surface area contributed by atoms with Gasteiger partial charge in [0.15, 0.2) is 5.82 Å². The SMILES string of the molecule is CCN1Cc2cc(Cl)ccc2-n2c(nnc2[C@H]2CC[C@H](Oc3cccc(C)n3)CC2)C1. The number of fused-ring (bicyclic) bond motifs is 3. The topological polar surface area (TPSA) is 56.1 Å².